The zero-order valence-electron chi connectivity index (χ0n) is 13.8. The Labute approximate surface area is 157 Å². The molecule has 0 amide bonds. The third kappa shape index (κ3) is 3.18. The predicted molar refractivity (Wildman–Crippen MR) is 104 cm³/mol. The van der Waals surface area contributed by atoms with Crippen molar-refractivity contribution in [3.63, 3.8) is 0 Å². The second-order valence-corrected chi connectivity index (χ2v) is 9.66. The third-order valence-corrected chi connectivity index (χ3v) is 6.45. The number of benzene rings is 1. The number of nitrogens with zero attached hydrogens (tertiary/aromatic N) is 4. The third-order valence-electron chi connectivity index (χ3n) is 3.69. The molecule has 7 nitrogen and oxygen atoms in total. The lowest BCUT2D eigenvalue weighted by molar-refractivity contribution is 0.602. The van der Waals surface area contributed by atoms with E-state index >= 15 is 0 Å². The summed E-state index contributed by atoms with van der Waals surface area (Å²) < 4.78 is 23.8. The molecule has 0 radical (unpaired) electrons. The molecule has 132 valence electrons. The van der Waals surface area contributed by atoms with Crippen molar-refractivity contribution in [1.29, 1.82) is 0 Å². The van der Waals surface area contributed by atoms with Gasteiger partial charge in [-0.1, -0.05) is 23.5 Å². The number of hydrogen-bond donors (Lipinski definition) is 1. The molecule has 3 heterocycles. The standard InChI is InChI=1S/C16H13N5O2S3/c1-9-20-21-16(25-9)19-14-13-12(7-24-15(13)18-8-17-14)10-4-3-5-11(6-10)26(2,22)23/h3-8H,1-2H3,(H,17,18,19,21). The smallest absolute Gasteiger partial charge is 0.211 e. The largest absolute Gasteiger partial charge is 0.314 e. The molecule has 0 saturated carbocycles. The van der Waals surface area contributed by atoms with Gasteiger partial charge in [-0.05, 0) is 24.6 Å². The Kier molecular flexibility index (Phi) is 4.17. The fourth-order valence-electron chi connectivity index (χ4n) is 2.53. The number of aryl methyl sites for hydroxylation is 1. The summed E-state index contributed by atoms with van der Waals surface area (Å²) in [6.07, 6.45) is 2.69. The molecule has 0 saturated heterocycles. The van der Waals surface area contributed by atoms with E-state index in [2.05, 4.69) is 25.5 Å². The number of thiophene rings is 1. The number of anilines is 2. The molecule has 0 aliphatic carbocycles. The lowest BCUT2D eigenvalue weighted by Crippen LogP contribution is -1.97. The molecule has 4 aromatic rings. The van der Waals surface area contributed by atoms with Gasteiger partial charge in [0.15, 0.2) is 9.84 Å². The Morgan fingerprint density at radius 3 is 2.73 bits per heavy atom. The van der Waals surface area contributed by atoms with Crippen LogP contribution in [0.2, 0.25) is 0 Å². The maximum Gasteiger partial charge on any atom is 0.211 e. The summed E-state index contributed by atoms with van der Waals surface area (Å²) in [7, 11) is -3.29. The Balaban J connectivity index is 1.87. The molecule has 1 aromatic carbocycles. The van der Waals surface area contributed by atoms with E-state index in [1.165, 1.54) is 35.3 Å². The Bertz CT molecular complexity index is 1210. The van der Waals surface area contributed by atoms with Crippen molar-refractivity contribution in [3.05, 3.63) is 41.0 Å². The first-order chi connectivity index (χ1) is 12.4. The second kappa shape index (κ2) is 6.38. The van der Waals surface area contributed by atoms with Crippen molar-refractivity contribution in [2.75, 3.05) is 11.6 Å². The lowest BCUT2D eigenvalue weighted by atomic mass is 10.1. The normalized spacial score (nSPS) is 11.8. The molecule has 10 heteroatoms. The highest BCUT2D eigenvalue weighted by Gasteiger charge is 2.16. The number of nitrogens with one attached hydrogen (secondary N) is 1. The molecule has 0 aliphatic heterocycles. The van der Waals surface area contributed by atoms with Crippen molar-refractivity contribution in [1.82, 2.24) is 20.2 Å². The first kappa shape index (κ1) is 17.0. The summed E-state index contributed by atoms with van der Waals surface area (Å²) in [5, 5.41) is 15.5. The van der Waals surface area contributed by atoms with E-state index in [9.17, 15) is 8.42 Å². The molecule has 26 heavy (non-hydrogen) atoms. The highest BCUT2D eigenvalue weighted by Crippen LogP contribution is 2.38. The van der Waals surface area contributed by atoms with E-state index in [-0.39, 0.29) is 4.90 Å². The Morgan fingerprint density at radius 1 is 1.15 bits per heavy atom. The topological polar surface area (TPSA) is 97.7 Å². The van der Waals surface area contributed by atoms with Gasteiger partial charge in [0.05, 0.1) is 10.3 Å². The molecule has 3 aromatic heterocycles. The number of rotatable bonds is 4. The van der Waals surface area contributed by atoms with Gasteiger partial charge < -0.3 is 5.32 Å². The zero-order chi connectivity index (χ0) is 18.3. The Hall–Kier alpha value is -2.43. The van der Waals surface area contributed by atoms with Gasteiger partial charge in [0.2, 0.25) is 5.13 Å². The summed E-state index contributed by atoms with van der Waals surface area (Å²) in [5.74, 6) is 0.618. The van der Waals surface area contributed by atoms with E-state index in [1.54, 1.807) is 18.2 Å². The first-order valence-electron chi connectivity index (χ1n) is 7.51. The molecule has 0 spiro atoms. The van der Waals surface area contributed by atoms with Crippen LogP contribution in [0.15, 0.2) is 40.9 Å². The van der Waals surface area contributed by atoms with E-state index in [1.807, 2.05) is 18.4 Å². The minimum atomic E-state index is -3.29. The van der Waals surface area contributed by atoms with Gasteiger partial charge in [-0.2, -0.15) is 0 Å². The quantitative estimate of drug-likeness (QED) is 0.555. The molecule has 4 rings (SSSR count). The molecule has 0 aliphatic rings. The van der Waals surface area contributed by atoms with Gasteiger partial charge in [0.25, 0.3) is 0 Å². The van der Waals surface area contributed by atoms with Crippen LogP contribution in [0.25, 0.3) is 21.3 Å². The monoisotopic (exact) mass is 403 g/mol. The molecule has 0 atom stereocenters. The van der Waals surface area contributed by atoms with Gasteiger partial charge >= 0.3 is 0 Å². The maximum atomic E-state index is 11.9. The van der Waals surface area contributed by atoms with Crippen LogP contribution >= 0.6 is 22.7 Å². The highest BCUT2D eigenvalue weighted by molar-refractivity contribution is 7.90. The van der Waals surface area contributed by atoms with Gasteiger partial charge in [0, 0.05) is 17.2 Å². The fraction of sp³-hybridized carbons (Fsp3) is 0.125. The van der Waals surface area contributed by atoms with Crippen molar-refractivity contribution >= 4 is 53.7 Å². The van der Waals surface area contributed by atoms with Crippen LogP contribution in [0.3, 0.4) is 0 Å². The number of hydrogen-bond acceptors (Lipinski definition) is 9. The minimum absolute atomic E-state index is 0.278. The van der Waals surface area contributed by atoms with Crippen LogP contribution in [-0.2, 0) is 9.84 Å². The zero-order valence-corrected chi connectivity index (χ0v) is 16.2. The van der Waals surface area contributed by atoms with Crippen LogP contribution in [0.5, 0.6) is 0 Å². The van der Waals surface area contributed by atoms with E-state index in [4.69, 9.17) is 0 Å². The second-order valence-electron chi connectivity index (χ2n) is 5.60. The van der Waals surface area contributed by atoms with Crippen LogP contribution < -0.4 is 5.32 Å². The van der Waals surface area contributed by atoms with Gasteiger partial charge in [-0.25, -0.2) is 18.4 Å². The fourth-order valence-corrected chi connectivity index (χ4v) is 4.70. The predicted octanol–water partition coefficient (Wildman–Crippen LogP) is 3.67. The number of aromatic nitrogens is 4. The minimum Gasteiger partial charge on any atom is -0.314 e. The molecular formula is C16H13N5O2S3. The van der Waals surface area contributed by atoms with Gasteiger partial charge in [-0.15, -0.1) is 21.5 Å². The van der Waals surface area contributed by atoms with Crippen LogP contribution in [0.4, 0.5) is 10.9 Å². The molecule has 0 bridgehead atoms. The average Bonchev–Trinajstić information content (AvgIpc) is 3.21. The summed E-state index contributed by atoms with van der Waals surface area (Å²) >= 11 is 2.91. The summed E-state index contributed by atoms with van der Waals surface area (Å²) in [6, 6.07) is 6.87. The summed E-state index contributed by atoms with van der Waals surface area (Å²) in [5.41, 5.74) is 1.67. The van der Waals surface area contributed by atoms with Crippen LogP contribution in [-0.4, -0.2) is 34.8 Å². The van der Waals surface area contributed by atoms with Crippen molar-refractivity contribution in [2.24, 2.45) is 0 Å². The maximum absolute atomic E-state index is 11.9. The molecule has 1 N–H and O–H groups in total. The Morgan fingerprint density at radius 2 is 2.00 bits per heavy atom. The van der Waals surface area contributed by atoms with Crippen LogP contribution in [0.1, 0.15) is 5.01 Å². The number of sulfone groups is 1. The van der Waals surface area contributed by atoms with Gasteiger partial charge in [0.1, 0.15) is 22.0 Å². The van der Waals surface area contributed by atoms with Crippen molar-refractivity contribution in [3.8, 4) is 11.1 Å². The summed E-state index contributed by atoms with van der Waals surface area (Å²) in [4.78, 5) is 9.76. The van der Waals surface area contributed by atoms with Crippen molar-refractivity contribution in [2.45, 2.75) is 11.8 Å². The first-order valence-corrected chi connectivity index (χ1v) is 11.1. The lowest BCUT2D eigenvalue weighted by Gasteiger charge is -2.07. The van der Waals surface area contributed by atoms with E-state index < -0.39 is 9.84 Å². The van der Waals surface area contributed by atoms with E-state index in [0.717, 1.165) is 26.4 Å². The average molecular weight is 404 g/mol. The SMILES string of the molecule is Cc1nnc(Nc2ncnc3scc(-c4cccc(S(C)(=O)=O)c4)c23)s1. The summed E-state index contributed by atoms with van der Waals surface area (Å²) in [6.45, 7) is 1.88. The van der Waals surface area contributed by atoms with E-state index in [0.29, 0.717) is 10.9 Å². The number of fused-ring (bicyclic) bond motifs is 1. The molecule has 0 fully saturated rings. The molecular weight excluding hydrogens is 390 g/mol. The highest BCUT2D eigenvalue weighted by atomic mass is 32.2. The van der Waals surface area contributed by atoms with Crippen LogP contribution in [0, 0.1) is 6.92 Å². The molecule has 0 unspecified atom stereocenters. The van der Waals surface area contributed by atoms with Crippen molar-refractivity contribution < 1.29 is 8.42 Å². The van der Waals surface area contributed by atoms with Gasteiger partial charge in [-0.3, -0.25) is 0 Å².